The molecule has 2 N–H and O–H groups in total. The van der Waals surface area contributed by atoms with Crippen LogP contribution in [0.25, 0.3) is 11.0 Å². The van der Waals surface area contributed by atoms with Crippen LogP contribution in [0.4, 0.5) is 14.5 Å². The average Bonchev–Trinajstić information content (AvgIpc) is 3.33. The molecule has 1 atom stereocenters. The molecule has 1 aliphatic rings. The Morgan fingerprint density at radius 2 is 2.18 bits per heavy atom. The minimum absolute atomic E-state index is 0.131. The summed E-state index contributed by atoms with van der Waals surface area (Å²) in [5.74, 6) is 0.131. The van der Waals surface area contributed by atoms with Crippen LogP contribution >= 0.6 is 0 Å². The Balaban J connectivity index is 1.72. The lowest BCUT2D eigenvalue weighted by Gasteiger charge is -2.26. The number of benzene rings is 1. The lowest BCUT2D eigenvalue weighted by Crippen LogP contribution is -2.23. The molecule has 1 aromatic carbocycles. The van der Waals surface area contributed by atoms with E-state index in [1.54, 1.807) is 18.3 Å². The van der Waals surface area contributed by atoms with Gasteiger partial charge in [0.2, 0.25) is 0 Å². The Labute approximate surface area is 161 Å². The van der Waals surface area contributed by atoms with Crippen molar-refractivity contribution in [2.45, 2.75) is 38.3 Å². The summed E-state index contributed by atoms with van der Waals surface area (Å²) < 4.78 is 35.2. The first kappa shape index (κ1) is 18.6. The standard InChI is InChI=1S/C20H22F2N4O2/c1-20(2,12-4-3-5-14(8-12)28-19(21)22)17-9-15(24-13-6-7-27-11-13)18-16(25-17)10-23-26-18/h3-5,8-10,13,19H,6-7,11H2,1-2H3,(H,23,26)(H,24,25)/t13-/m1/s1. The van der Waals surface area contributed by atoms with Crippen molar-refractivity contribution in [2.24, 2.45) is 0 Å². The zero-order valence-corrected chi connectivity index (χ0v) is 15.7. The number of fused-ring (bicyclic) bond motifs is 1. The number of nitrogens with zero attached hydrogens (tertiary/aromatic N) is 2. The number of ether oxygens (including phenoxy) is 2. The zero-order valence-electron chi connectivity index (χ0n) is 15.7. The van der Waals surface area contributed by atoms with Crippen LogP contribution in [-0.2, 0) is 10.2 Å². The molecule has 6 nitrogen and oxygen atoms in total. The van der Waals surface area contributed by atoms with E-state index in [9.17, 15) is 8.78 Å². The van der Waals surface area contributed by atoms with Crippen molar-refractivity contribution < 1.29 is 18.3 Å². The van der Waals surface area contributed by atoms with Gasteiger partial charge < -0.3 is 14.8 Å². The molecule has 0 radical (unpaired) electrons. The second kappa shape index (κ2) is 7.35. The van der Waals surface area contributed by atoms with Gasteiger partial charge in [0.05, 0.1) is 24.0 Å². The molecule has 0 spiro atoms. The predicted octanol–water partition coefficient (Wildman–Crippen LogP) is 4.09. The molecular weight excluding hydrogens is 366 g/mol. The van der Waals surface area contributed by atoms with Gasteiger partial charge >= 0.3 is 6.61 Å². The molecule has 148 valence electrons. The Morgan fingerprint density at radius 1 is 1.32 bits per heavy atom. The number of pyridine rings is 1. The molecule has 0 amide bonds. The summed E-state index contributed by atoms with van der Waals surface area (Å²) in [6, 6.07) is 8.94. The van der Waals surface area contributed by atoms with Crippen LogP contribution in [0, 0.1) is 0 Å². The summed E-state index contributed by atoms with van der Waals surface area (Å²) in [5, 5.41) is 10.7. The Morgan fingerprint density at radius 3 is 2.93 bits per heavy atom. The first-order valence-corrected chi connectivity index (χ1v) is 9.18. The molecule has 28 heavy (non-hydrogen) atoms. The normalized spacial score (nSPS) is 17.4. The van der Waals surface area contributed by atoms with Gasteiger partial charge in [-0.2, -0.15) is 13.9 Å². The number of nitrogens with one attached hydrogen (secondary N) is 2. The largest absolute Gasteiger partial charge is 0.435 e. The van der Waals surface area contributed by atoms with Crippen LogP contribution in [0.5, 0.6) is 5.75 Å². The van der Waals surface area contributed by atoms with Crippen molar-refractivity contribution in [3.63, 3.8) is 0 Å². The van der Waals surface area contributed by atoms with Gasteiger partial charge in [-0.1, -0.05) is 26.0 Å². The first-order valence-electron chi connectivity index (χ1n) is 9.18. The number of halogens is 2. The first-order chi connectivity index (χ1) is 13.4. The fourth-order valence-electron chi connectivity index (χ4n) is 3.44. The number of rotatable bonds is 6. The highest BCUT2D eigenvalue weighted by Crippen LogP contribution is 2.35. The molecule has 0 saturated carbocycles. The summed E-state index contributed by atoms with van der Waals surface area (Å²) in [4.78, 5) is 4.76. The molecule has 0 aliphatic carbocycles. The zero-order chi connectivity index (χ0) is 19.7. The number of anilines is 1. The summed E-state index contributed by atoms with van der Waals surface area (Å²) >= 11 is 0. The Hall–Kier alpha value is -2.74. The van der Waals surface area contributed by atoms with Crippen LogP contribution in [0.15, 0.2) is 36.5 Å². The van der Waals surface area contributed by atoms with Crippen molar-refractivity contribution in [2.75, 3.05) is 18.5 Å². The lowest BCUT2D eigenvalue weighted by atomic mass is 9.81. The van der Waals surface area contributed by atoms with Gasteiger partial charge in [0, 0.05) is 18.2 Å². The number of aromatic nitrogens is 3. The van der Waals surface area contributed by atoms with E-state index < -0.39 is 12.0 Å². The van der Waals surface area contributed by atoms with Gasteiger partial charge in [-0.3, -0.25) is 5.10 Å². The van der Waals surface area contributed by atoms with Crippen LogP contribution in [0.1, 0.15) is 31.5 Å². The van der Waals surface area contributed by atoms with Crippen LogP contribution in [0.2, 0.25) is 0 Å². The third-order valence-electron chi connectivity index (χ3n) is 5.11. The average molecular weight is 388 g/mol. The van der Waals surface area contributed by atoms with Crippen molar-refractivity contribution in [3.05, 3.63) is 47.8 Å². The Bertz CT molecular complexity index is 968. The monoisotopic (exact) mass is 388 g/mol. The van der Waals surface area contributed by atoms with Gasteiger partial charge in [-0.25, -0.2) is 4.98 Å². The molecule has 3 aromatic rings. The SMILES string of the molecule is CC(C)(c1cccc(OC(F)F)c1)c1cc(N[C@@H]2CCOC2)c2n[nH]cc2n1. The molecule has 1 saturated heterocycles. The van der Waals surface area contributed by atoms with E-state index in [-0.39, 0.29) is 11.8 Å². The Kier molecular flexibility index (Phi) is 4.89. The van der Waals surface area contributed by atoms with Crippen molar-refractivity contribution >= 4 is 16.7 Å². The van der Waals surface area contributed by atoms with Crippen molar-refractivity contribution in [1.29, 1.82) is 0 Å². The maximum absolute atomic E-state index is 12.6. The number of H-pyrrole nitrogens is 1. The molecular formula is C20H22F2N4O2. The van der Waals surface area contributed by atoms with E-state index in [0.29, 0.717) is 6.61 Å². The van der Waals surface area contributed by atoms with Crippen LogP contribution < -0.4 is 10.1 Å². The van der Waals surface area contributed by atoms with E-state index in [1.165, 1.54) is 6.07 Å². The molecule has 0 unspecified atom stereocenters. The second-order valence-electron chi connectivity index (χ2n) is 7.41. The maximum Gasteiger partial charge on any atom is 0.387 e. The summed E-state index contributed by atoms with van der Waals surface area (Å²) in [6.45, 7) is 2.54. The maximum atomic E-state index is 12.6. The molecule has 8 heteroatoms. The van der Waals surface area contributed by atoms with Gasteiger partial charge in [-0.05, 0) is 30.2 Å². The highest BCUT2D eigenvalue weighted by Gasteiger charge is 2.28. The van der Waals surface area contributed by atoms with Crippen LogP contribution in [-0.4, -0.2) is 41.0 Å². The summed E-state index contributed by atoms with van der Waals surface area (Å²) in [5.41, 5.74) is 3.49. The van der Waals surface area contributed by atoms with E-state index in [4.69, 9.17) is 9.72 Å². The number of hydrogen-bond acceptors (Lipinski definition) is 5. The number of aromatic amines is 1. The molecule has 3 heterocycles. The van der Waals surface area contributed by atoms with Gasteiger partial charge in [0.15, 0.2) is 0 Å². The van der Waals surface area contributed by atoms with Gasteiger partial charge in [0.1, 0.15) is 16.8 Å². The third kappa shape index (κ3) is 3.64. The van der Waals surface area contributed by atoms with E-state index in [2.05, 4.69) is 20.3 Å². The fourth-order valence-corrected chi connectivity index (χ4v) is 3.44. The van der Waals surface area contributed by atoms with Gasteiger partial charge in [0.25, 0.3) is 0 Å². The topological polar surface area (TPSA) is 72.1 Å². The number of hydrogen-bond donors (Lipinski definition) is 2. The second-order valence-corrected chi connectivity index (χ2v) is 7.41. The molecule has 4 rings (SSSR count). The van der Waals surface area contributed by atoms with Gasteiger partial charge in [-0.15, -0.1) is 0 Å². The molecule has 2 aromatic heterocycles. The summed E-state index contributed by atoms with van der Waals surface area (Å²) in [6.07, 6.45) is 2.68. The third-order valence-corrected chi connectivity index (χ3v) is 5.11. The van der Waals surface area contributed by atoms with E-state index in [1.807, 2.05) is 26.0 Å². The number of alkyl halides is 2. The van der Waals surface area contributed by atoms with Crippen molar-refractivity contribution in [1.82, 2.24) is 15.2 Å². The van der Waals surface area contributed by atoms with Crippen molar-refractivity contribution in [3.8, 4) is 5.75 Å². The smallest absolute Gasteiger partial charge is 0.387 e. The highest BCUT2D eigenvalue weighted by atomic mass is 19.3. The highest BCUT2D eigenvalue weighted by molar-refractivity contribution is 5.87. The van der Waals surface area contributed by atoms with Crippen LogP contribution in [0.3, 0.4) is 0 Å². The fraction of sp³-hybridized carbons (Fsp3) is 0.400. The molecule has 1 aliphatic heterocycles. The molecule has 1 fully saturated rings. The molecule has 0 bridgehead atoms. The quantitative estimate of drug-likeness (QED) is 0.666. The van der Waals surface area contributed by atoms with E-state index >= 15 is 0 Å². The minimum Gasteiger partial charge on any atom is -0.435 e. The predicted molar refractivity (Wildman–Crippen MR) is 102 cm³/mol. The minimum atomic E-state index is -2.86. The summed E-state index contributed by atoms with van der Waals surface area (Å²) in [7, 11) is 0. The van der Waals surface area contributed by atoms with E-state index in [0.717, 1.165) is 41.0 Å². The lowest BCUT2D eigenvalue weighted by molar-refractivity contribution is -0.0499.